The number of rotatable bonds is 7. The highest BCUT2D eigenvalue weighted by Crippen LogP contribution is 2.10. The van der Waals surface area contributed by atoms with E-state index in [-0.39, 0.29) is 0 Å². The second-order valence-corrected chi connectivity index (χ2v) is 5.40. The van der Waals surface area contributed by atoms with E-state index in [1.165, 1.54) is 11.1 Å². The first-order valence-electron chi connectivity index (χ1n) is 7.39. The fourth-order valence-electron chi connectivity index (χ4n) is 2.55. The Morgan fingerprint density at radius 3 is 2.65 bits per heavy atom. The molecule has 0 spiro atoms. The molecule has 2 rings (SSSR count). The van der Waals surface area contributed by atoms with Gasteiger partial charge in [-0.05, 0) is 18.1 Å². The molecule has 1 aliphatic rings. The lowest BCUT2D eigenvalue weighted by Gasteiger charge is -2.29. The van der Waals surface area contributed by atoms with Crippen molar-refractivity contribution in [2.45, 2.75) is 26.1 Å². The third-order valence-electron chi connectivity index (χ3n) is 3.69. The van der Waals surface area contributed by atoms with Gasteiger partial charge >= 0.3 is 0 Å². The van der Waals surface area contributed by atoms with Crippen LogP contribution in [0.2, 0.25) is 0 Å². The number of nitrogens with zero attached hydrogens (tertiary/aromatic N) is 1. The van der Waals surface area contributed by atoms with Crippen LogP contribution in [-0.4, -0.2) is 50.9 Å². The number of morpholine rings is 1. The Labute approximate surface area is 122 Å². The molecule has 0 radical (unpaired) electrons. The predicted molar refractivity (Wildman–Crippen MR) is 80.7 cm³/mol. The monoisotopic (exact) mass is 278 g/mol. The Hall–Kier alpha value is -0.940. The van der Waals surface area contributed by atoms with Crippen LogP contribution in [0, 0.1) is 0 Å². The van der Waals surface area contributed by atoms with Crippen molar-refractivity contribution in [3.05, 3.63) is 35.4 Å². The summed E-state index contributed by atoms with van der Waals surface area (Å²) in [6.45, 7) is 8.72. The maximum absolute atomic E-state index is 5.38. The Bertz CT molecular complexity index is 392. The van der Waals surface area contributed by atoms with Crippen molar-refractivity contribution in [1.82, 2.24) is 10.2 Å². The summed E-state index contributed by atoms with van der Waals surface area (Å²) in [5, 5.41) is 3.61. The SMILES string of the molecule is COCc1ccccc1CNC(C)CN1CCOCC1. The summed E-state index contributed by atoms with van der Waals surface area (Å²) in [6, 6.07) is 8.93. The average molecular weight is 278 g/mol. The molecule has 1 fully saturated rings. The van der Waals surface area contributed by atoms with Gasteiger partial charge in [0.05, 0.1) is 19.8 Å². The molecule has 1 unspecified atom stereocenters. The van der Waals surface area contributed by atoms with Gasteiger partial charge in [-0.3, -0.25) is 4.90 Å². The summed E-state index contributed by atoms with van der Waals surface area (Å²) in [5.74, 6) is 0. The highest BCUT2D eigenvalue weighted by atomic mass is 16.5. The van der Waals surface area contributed by atoms with Crippen LogP contribution in [0.4, 0.5) is 0 Å². The van der Waals surface area contributed by atoms with Gasteiger partial charge in [-0.1, -0.05) is 24.3 Å². The fraction of sp³-hybridized carbons (Fsp3) is 0.625. The van der Waals surface area contributed by atoms with E-state index >= 15 is 0 Å². The molecule has 1 aromatic rings. The number of hydrogen-bond acceptors (Lipinski definition) is 4. The molecule has 0 bridgehead atoms. The van der Waals surface area contributed by atoms with Crippen molar-refractivity contribution in [3.8, 4) is 0 Å². The Balaban J connectivity index is 1.78. The molecule has 4 nitrogen and oxygen atoms in total. The van der Waals surface area contributed by atoms with E-state index in [9.17, 15) is 0 Å². The smallest absolute Gasteiger partial charge is 0.0716 e. The first kappa shape index (κ1) is 15.4. The zero-order valence-corrected chi connectivity index (χ0v) is 12.6. The first-order chi connectivity index (χ1) is 9.79. The van der Waals surface area contributed by atoms with Crippen LogP contribution in [0.1, 0.15) is 18.1 Å². The average Bonchev–Trinajstić information content (AvgIpc) is 2.48. The number of nitrogens with one attached hydrogen (secondary N) is 1. The van der Waals surface area contributed by atoms with E-state index in [1.54, 1.807) is 7.11 Å². The minimum absolute atomic E-state index is 0.476. The van der Waals surface area contributed by atoms with Crippen molar-refractivity contribution in [2.75, 3.05) is 40.0 Å². The second-order valence-electron chi connectivity index (χ2n) is 5.40. The van der Waals surface area contributed by atoms with Gasteiger partial charge in [-0.15, -0.1) is 0 Å². The molecule has 0 amide bonds. The maximum atomic E-state index is 5.38. The quantitative estimate of drug-likeness (QED) is 0.822. The lowest BCUT2D eigenvalue weighted by Crippen LogP contribution is -2.44. The van der Waals surface area contributed by atoms with Gasteiger partial charge in [0.15, 0.2) is 0 Å². The summed E-state index contributed by atoms with van der Waals surface area (Å²) < 4.78 is 10.6. The van der Waals surface area contributed by atoms with Crippen LogP contribution in [0.5, 0.6) is 0 Å². The molecule has 0 aromatic heterocycles. The van der Waals surface area contributed by atoms with Gasteiger partial charge in [0.1, 0.15) is 0 Å². The van der Waals surface area contributed by atoms with Crippen molar-refractivity contribution < 1.29 is 9.47 Å². The van der Waals surface area contributed by atoms with Crippen molar-refractivity contribution in [1.29, 1.82) is 0 Å². The van der Waals surface area contributed by atoms with Crippen molar-refractivity contribution in [3.63, 3.8) is 0 Å². The van der Waals surface area contributed by atoms with Gasteiger partial charge in [0.2, 0.25) is 0 Å². The molecular weight excluding hydrogens is 252 g/mol. The molecule has 20 heavy (non-hydrogen) atoms. The Kier molecular flexibility index (Phi) is 6.47. The van der Waals surface area contributed by atoms with Crippen LogP contribution in [0.15, 0.2) is 24.3 Å². The van der Waals surface area contributed by atoms with Gasteiger partial charge in [-0.25, -0.2) is 0 Å². The molecule has 1 saturated heterocycles. The van der Waals surface area contributed by atoms with Gasteiger partial charge in [-0.2, -0.15) is 0 Å². The summed E-state index contributed by atoms with van der Waals surface area (Å²) in [5.41, 5.74) is 2.59. The molecule has 1 aromatic carbocycles. The molecule has 0 saturated carbocycles. The number of methoxy groups -OCH3 is 1. The van der Waals surface area contributed by atoms with E-state index < -0.39 is 0 Å². The maximum Gasteiger partial charge on any atom is 0.0716 e. The molecule has 1 atom stereocenters. The number of benzene rings is 1. The number of hydrogen-bond donors (Lipinski definition) is 1. The second kappa shape index (κ2) is 8.37. The van der Waals surface area contributed by atoms with Crippen LogP contribution in [0.25, 0.3) is 0 Å². The van der Waals surface area contributed by atoms with Crippen LogP contribution < -0.4 is 5.32 Å². The zero-order chi connectivity index (χ0) is 14.2. The molecule has 4 heteroatoms. The zero-order valence-electron chi connectivity index (χ0n) is 12.6. The van der Waals surface area contributed by atoms with E-state index in [2.05, 4.69) is 41.4 Å². The van der Waals surface area contributed by atoms with Gasteiger partial charge in [0.25, 0.3) is 0 Å². The van der Waals surface area contributed by atoms with E-state index in [4.69, 9.17) is 9.47 Å². The van der Waals surface area contributed by atoms with Crippen LogP contribution in [-0.2, 0) is 22.6 Å². The Morgan fingerprint density at radius 1 is 1.25 bits per heavy atom. The molecule has 1 aliphatic heterocycles. The normalized spacial score (nSPS) is 18.1. The van der Waals surface area contributed by atoms with Crippen LogP contribution >= 0.6 is 0 Å². The molecular formula is C16H26N2O2. The van der Waals surface area contributed by atoms with E-state index in [0.717, 1.165) is 39.4 Å². The Morgan fingerprint density at radius 2 is 1.95 bits per heavy atom. The van der Waals surface area contributed by atoms with Gasteiger partial charge < -0.3 is 14.8 Å². The summed E-state index contributed by atoms with van der Waals surface area (Å²) in [6.07, 6.45) is 0. The van der Waals surface area contributed by atoms with Crippen molar-refractivity contribution >= 4 is 0 Å². The summed E-state index contributed by atoms with van der Waals surface area (Å²) in [7, 11) is 1.74. The first-order valence-corrected chi connectivity index (χ1v) is 7.39. The minimum Gasteiger partial charge on any atom is -0.380 e. The van der Waals surface area contributed by atoms with E-state index in [0.29, 0.717) is 12.6 Å². The lowest BCUT2D eigenvalue weighted by molar-refractivity contribution is 0.0343. The topological polar surface area (TPSA) is 33.7 Å². The number of ether oxygens (including phenoxy) is 2. The largest absolute Gasteiger partial charge is 0.380 e. The van der Waals surface area contributed by atoms with E-state index in [1.807, 2.05) is 0 Å². The third-order valence-corrected chi connectivity index (χ3v) is 3.69. The molecule has 1 N–H and O–H groups in total. The predicted octanol–water partition coefficient (Wildman–Crippen LogP) is 1.64. The standard InChI is InChI=1S/C16H26N2O2/c1-14(12-18-7-9-20-10-8-18)17-11-15-5-3-4-6-16(15)13-19-2/h3-6,14,17H,7-13H2,1-2H3. The minimum atomic E-state index is 0.476. The fourth-order valence-corrected chi connectivity index (χ4v) is 2.55. The van der Waals surface area contributed by atoms with Crippen LogP contribution in [0.3, 0.4) is 0 Å². The molecule has 1 heterocycles. The lowest BCUT2D eigenvalue weighted by atomic mass is 10.1. The highest BCUT2D eigenvalue weighted by molar-refractivity contribution is 5.26. The summed E-state index contributed by atoms with van der Waals surface area (Å²) in [4.78, 5) is 2.46. The summed E-state index contributed by atoms with van der Waals surface area (Å²) >= 11 is 0. The third kappa shape index (κ3) is 4.87. The highest BCUT2D eigenvalue weighted by Gasteiger charge is 2.13. The molecule has 0 aliphatic carbocycles. The van der Waals surface area contributed by atoms with Gasteiger partial charge in [0, 0.05) is 39.3 Å². The van der Waals surface area contributed by atoms with Crippen molar-refractivity contribution in [2.24, 2.45) is 0 Å². The molecule has 112 valence electrons.